The first-order valence-corrected chi connectivity index (χ1v) is 11.2. The topological polar surface area (TPSA) is 103 Å². The zero-order valence-corrected chi connectivity index (χ0v) is 18.6. The number of hydrogen-bond acceptors (Lipinski definition) is 4. The van der Waals surface area contributed by atoms with Gasteiger partial charge in [-0.15, -0.1) is 0 Å². The minimum Gasteiger partial charge on any atom is -0.338 e. The number of nitrogens with one attached hydrogen (secondary N) is 2. The van der Waals surface area contributed by atoms with Crippen LogP contribution >= 0.6 is 0 Å². The van der Waals surface area contributed by atoms with Gasteiger partial charge in [-0.2, -0.15) is 10.4 Å². The van der Waals surface area contributed by atoms with Crippen LogP contribution in [0.4, 0.5) is 14.9 Å². The first-order chi connectivity index (χ1) is 16.5. The molecule has 174 valence electrons. The number of piperidine rings is 1. The molecule has 34 heavy (non-hydrogen) atoms. The van der Waals surface area contributed by atoms with Crippen LogP contribution in [0.2, 0.25) is 0 Å². The van der Waals surface area contributed by atoms with E-state index >= 15 is 0 Å². The molecule has 0 saturated carbocycles. The Morgan fingerprint density at radius 2 is 1.91 bits per heavy atom. The molecule has 0 aliphatic carbocycles. The Bertz CT molecular complexity index is 1210. The minimum atomic E-state index is -0.323. The van der Waals surface area contributed by atoms with Crippen LogP contribution in [0.5, 0.6) is 0 Å². The lowest BCUT2D eigenvalue weighted by molar-refractivity contribution is -0.121. The number of carbonyl (C=O) groups excluding carboxylic acids is 2. The van der Waals surface area contributed by atoms with E-state index in [-0.39, 0.29) is 23.7 Å². The summed E-state index contributed by atoms with van der Waals surface area (Å²) >= 11 is 0. The van der Waals surface area contributed by atoms with Gasteiger partial charge in [0.25, 0.3) is 0 Å². The van der Waals surface area contributed by atoms with E-state index in [0.717, 1.165) is 5.69 Å². The van der Waals surface area contributed by atoms with E-state index in [1.54, 1.807) is 52.2 Å². The summed E-state index contributed by atoms with van der Waals surface area (Å²) in [7, 11) is 0. The van der Waals surface area contributed by atoms with Crippen LogP contribution in [0.3, 0.4) is 0 Å². The molecule has 0 radical (unpaired) electrons. The smallest absolute Gasteiger partial charge is 0.317 e. The highest BCUT2D eigenvalue weighted by molar-refractivity contribution is 5.92. The summed E-state index contributed by atoms with van der Waals surface area (Å²) in [5.41, 5.74) is 2.52. The Labute approximate surface area is 197 Å². The predicted molar refractivity (Wildman–Crippen MR) is 125 cm³/mol. The molecule has 3 amide bonds. The molecule has 0 bridgehead atoms. The van der Waals surface area contributed by atoms with Crippen molar-refractivity contribution in [2.24, 2.45) is 5.92 Å². The number of urea groups is 1. The molecule has 9 heteroatoms. The van der Waals surface area contributed by atoms with Gasteiger partial charge in [0.1, 0.15) is 5.82 Å². The normalized spacial score (nSPS) is 13.8. The SMILES string of the molecule is N#Cc1cccc(NC(=O)C2CCN(C(=O)NCCc3ccn(-c4cccc(F)c4)n3)CC2)c1. The molecule has 2 heterocycles. The number of hydrogen-bond donors (Lipinski definition) is 2. The predicted octanol–water partition coefficient (Wildman–Crippen LogP) is 3.49. The summed E-state index contributed by atoms with van der Waals surface area (Å²) in [4.78, 5) is 26.8. The fourth-order valence-electron chi connectivity index (χ4n) is 3.92. The van der Waals surface area contributed by atoms with Gasteiger partial charge in [-0.3, -0.25) is 4.79 Å². The van der Waals surface area contributed by atoms with Crippen LogP contribution in [0.25, 0.3) is 5.69 Å². The van der Waals surface area contributed by atoms with E-state index in [9.17, 15) is 14.0 Å². The number of benzene rings is 2. The molecule has 1 aromatic heterocycles. The maximum atomic E-state index is 13.4. The monoisotopic (exact) mass is 460 g/mol. The lowest BCUT2D eigenvalue weighted by Gasteiger charge is -2.31. The number of rotatable bonds is 6. The molecule has 3 aromatic rings. The largest absolute Gasteiger partial charge is 0.338 e. The zero-order valence-electron chi connectivity index (χ0n) is 18.6. The highest BCUT2D eigenvalue weighted by Crippen LogP contribution is 2.20. The summed E-state index contributed by atoms with van der Waals surface area (Å²) in [6, 6.07) is 16.7. The van der Waals surface area contributed by atoms with E-state index in [0.29, 0.717) is 55.8 Å². The van der Waals surface area contributed by atoms with E-state index in [1.165, 1.54) is 12.1 Å². The van der Waals surface area contributed by atoms with Gasteiger partial charge < -0.3 is 15.5 Å². The molecule has 1 aliphatic rings. The maximum absolute atomic E-state index is 13.4. The summed E-state index contributed by atoms with van der Waals surface area (Å²) in [5.74, 6) is -0.595. The molecule has 0 spiro atoms. The summed E-state index contributed by atoms with van der Waals surface area (Å²) in [6.45, 7) is 1.42. The Morgan fingerprint density at radius 1 is 1.12 bits per heavy atom. The van der Waals surface area contributed by atoms with Crippen molar-refractivity contribution in [3.8, 4) is 11.8 Å². The quantitative estimate of drug-likeness (QED) is 0.588. The third-order valence-electron chi connectivity index (χ3n) is 5.79. The molecule has 4 rings (SSSR count). The van der Waals surface area contributed by atoms with Gasteiger partial charge in [-0.1, -0.05) is 12.1 Å². The second-order valence-corrected chi connectivity index (χ2v) is 8.16. The molecule has 1 fully saturated rings. The molecule has 8 nitrogen and oxygen atoms in total. The number of aromatic nitrogens is 2. The lowest BCUT2D eigenvalue weighted by atomic mass is 9.96. The number of halogens is 1. The van der Waals surface area contributed by atoms with Crippen molar-refractivity contribution in [3.05, 3.63) is 77.9 Å². The fourth-order valence-corrected chi connectivity index (χ4v) is 3.92. The average Bonchev–Trinajstić information content (AvgIpc) is 3.33. The molecule has 0 unspecified atom stereocenters. The van der Waals surface area contributed by atoms with Crippen LogP contribution in [0.1, 0.15) is 24.1 Å². The Balaban J connectivity index is 1.20. The highest BCUT2D eigenvalue weighted by atomic mass is 19.1. The highest BCUT2D eigenvalue weighted by Gasteiger charge is 2.27. The van der Waals surface area contributed by atoms with Gasteiger partial charge >= 0.3 is 6.03 Å². The van der Waals surface area contributed by atoms with Gasteiger partial charge in [0.05, 0.1) is 23.0 Å². The first kappa shape index (κ1) is 23.0. The third kappa shape index (κ3) is 5.78. The second kappa shape index (κ2) is 10.6. The van der Waals surface area contributed by atoms with Crippen LogP contribution in [0.15, 0.2) is 60.8 Å². The van der Waals surface area contributed by atoms with E-state index in [4.69, 9.17) is 5.26 Å². The van der Waals surface area contributed by atoms with Crippen molar-refractivity contribution in [2.45, 2.75) is 19.3 Å². The maximum Gasteiger partial charge on any atom is 0.317 e. The average molecular weight is 461 g/mol. The van der Waals surface area contributed by atoms with Crippen molar-refractivity contribution in [3.63, 3.8) is 0 Å². The number of amides is 3. The van der Waals surface area contributed by atoms with Gasteiger partial charge in [0, 0.05) is 43.9 Å². The van der Waals surface area contributed by atoms with Gasteiger partial charge in [0.15, 0.2) is 0 Å². The molecule has 0 atom stereocenters. The number of anilines is 1. The number of likely N-dealkylation sites (tertiary alicyclic amines) is 1. The first-order valence-electron chi connectivity index (χ1n) is 11.2. The minimum absolute atomic E-state index is 0.0935. The van der Waals surface area contributed by atoms with Gasteiger partial charge in [-0.05, 0) is 55.3 Å². The molecule has 2 aromatic carbocycles. The summed E-state index contributed by atoms with van der Waals surface area (Å²) in [5, 5.41) is 19.2. The Morgan fingerprint density at radius 3 is 2.68 bits per heavy atom. The van der Waals surface area contributed by atoms with Crippen molar-refractivity contribution >= 4 is 17.6 Å². The molecular weight excluding hydrogens is 435 g/mol. The summed E-state index contributed by atoms with van der Waals surface area (Å²) in [6.07, 6.45) is 3.47. The Hall–Kier alpha value is -4.19. The molecule has 2 N–H and O–H groups in total. The zero-order chi connectivity index (χ0) is 23.9. The van der Waals surface area contributed by atoms with Crippen molar-refractivity contribution in [2.75, 3.05) is 25.0 Å². The van der Waals surface area contributed by atoms with Crippen LogP contribution in [-0.4, -0.2) is 46.3 Å². The van der Waals surface area contributed by atoms with Crippen LogP contribution in [0, 0.1) is 23.1 Å². The Kier molecular flexibility index (Phi) is 7.18. The van der Waals surface area contributed by atoms with Crippen molar-refractivity contribution in [1.82, 2.24) is 20.0 Å². The van der Waals surface area contributed by atoms with Gasteiger partial charge in [0.2, 0.25) is 5.91 Å². The number of nitrogens with zero attached hydrogens (tertiary/aromatic N) is 4. The molecule has 1 aliphatic heterocycles. The van der Waals surface area contributed by atoms with Crippen molar-refractivity contribution < 1.29 is 14.0 Å². The molecular formula is C25H25FN6O2. The summed E-state index contributed by atoms with van der Waals surface area (Å²) < 4.78 is 15.0. The van der Waals surface area contributed by atoms with E-state index in [2.05, 4.69) is 21.8 Å². The van der Waals surface area contributed by atoms with Crippen LogP contribution in [-0.2, 0) is 11.2 Å². The van der Waals surface area contributed by atoms with Gasteiger partial charge in [-0.25, -0.2) is 13.9 Å². The standard InChI is InChI=1S/C25H25FN6O2/c26-20-4-2-6-23(16-20)32-14-10-21(30-32)7-11-28-25(34)31-12-8-19(9-13-31)24(33)29-22-5-1-3-18(15-22)17-27/h1-6,10,14-16,19H,7-9,11-13H2,(H,28,34)(H,29,33). The van der Waals surface area contributed by atoms with Crippen LogP contribution < -0.4 is 10.6 Å². The molecule has 1 saturated heterocycles. The fraction of sp³-hybridized carbons (Fsp3) is 0.280. The van der Waals surface area contributed by atoms with Crippen molar-refractivity contribution in [1.29, 1.82) is 5.26 Å². The number of nitriles is 1. The van der Waals surface area contributed by atoms with E-state index < -0.39 is 0 Å². The van der Waals surface area contributed by atoms with E-state index in [1.807, 2.05) is 6.07 Å². The third-order valence-corrected chi connectivity index (χ3v) is 5.79. The lowest BCUT2D eigenvalue weighted by Crippen LogP contribution is -2.46. The number of carbonyl (C=O) groups is 2. The second-order valence-electron chi connectivity index (χ2n) is 8.16.